The highest BCUT2D eigenvalue weighted by Crippen LogP contribution is 2.22. The Balaban J connectivity index is 4.54. The van der Waals surface area contributed by atoms with Crippen LogP contribution < -0.4 is 0 Å². The summed E-state index contributed by atoms with van der Waals surface area (Å²) in [5.74, 6) is 0.719. The fourth-order valence-corrected chi connectivity index (χ4v) is 4.92. The molecule has 15 heavy (non-hydrogen) atoms. The van der Waals surface area contributed by atoms with E-state index in [0.717, 1.165) is 18.7 Å². The lowest BCUT2D eigenvalue weighted by Crippen LogP contribution is -2.26. The van der Waals surface area contributed by atoms with Gasteiger partial charge >= 0.3 is 0 Å². The van der Waals surface area contributed by atoms with Gasteiger partial charge in [-0.3, -0.25) is 0 Å². The quantitative estimate of drug-likeness (QED) is 0.356. The molecule has 0 radical (unpaired) electrons. The van der Waals surface area contributed by atoms with Gasteiger partial charge in [-0.05, 0) is 33.6 Å². The van der Waals surface area contributed by atoms with E-state index >= 15 is 0 Å². The molecule has 0 fully saturated rings. The van der Waals surface area contributed by atoms with E-state index in [4.69, 9.17) is 11.6 Å². The van der Waals surface area contributed by atoms with E-state index in [9.17, 15) is 0 Å². The molecule has 2 heteroatoms. The van der Waals surface area contributed by atoms with Crippen LogP contribution in [-0.2, 0) is 0 Å². The molecule has 0 unspecified atom stereocenters. The molecule has 0 bridgehead atoms. The van der Waals surface area contributed by atoms with Crippen LogP contribution in [-0.4, -0.2) is 14.0 Å². The minimum absolute atomic E-state index is 0.719. The van der Waals surface area contributed by atoms with Gasteiger partial charge in [0.1, 0.15) is 0 Å². The first-order valence-electron chi connectivity index (χ1n) is 5.67. The van der Waals surface area contributed by atoms with Gasteiger partial charge in [-0.25, -0.2) is 0 Å². The average Bonchev–Trinajstić information content (AvgIpc) is 2.01. The topological polar surface area (TPSA) is 0 Å². The van der Waals surface area contributed by atoms with Gasteiger partial charge in [0.2, 0.25) is 0 Å². The molecule has 0 amide bonds. The van der Waals surface area contributed by atoms with Crippen molar-refractivity contribution >= 4 is 19.7 Å². The molecule has 88 valence electrons. The maximum atomic E-state index is 6.05. The number of alkyl halides is 1. The number of hydrogen-bond acceptors (Lipinski definition) is 0. The average molecular weight is 245 g/mol. The maximum Gasteiger partial charge on any atom is 0.0739 e. The van der Waals surface area contributed by atoms with Crippen molar-refractivity contribution in [3.05, 3.63) is 22.4 Å². The molecule has 0 atom stereocenters. The molecule has 0 aliphatic heterocycles. The second-order valence-corrected chi connectivity index (χ2v) is 10.8. The molecular formula is C13H25ClSi. The Labute approximate surface area is 101 Å². The molecule has 0 nitrogen and oxygen atoms in total. The van der Waals surface area contributed by atoms with E-state index in [0.29, 0.717) is 0 Å². The Bertz CT molecular complexity index is 252. The van der Waals surface area contributed by atoms with Gasteiger partial charge in [-0.1, -0.05) is 42.1 Å². The SMILES string of the molecule is CC(C)=CCC/C(C)=C(\CCl)[Si](C)(C)C. The van der Waals surface area contributed by atoms with E-state index in [2.05, 4.69) is 46.5 Å². The highest BCUT2D eigenvalue weighted by atomic mass is 35.5. The predicted molar refractivity (Wildman–Crippen MR) is 75.4 cm³/mol. The predicted octanol–water partition coefficient (Wildman–Crippen LogP) is 5.17. The highest BCUT2D eigenvalue weighted by Gasteiger charge is 2.20. The molecule has 0 heterocycles. The molecule has 0 rings (SSSR count). The van der Waals surface area contributed by atoms with Crippen molar-refractivity contribution in [2.75, 3.05) is 5.88 Å². The lowest BCUT2D eigenvalue weighted by atomic mass is 10.1. The van der Waals surface area contributed by atoms with Gasteiger partial charge in [0.05, 0.1) is 8.07 Å². The van der Waals surface area contributed by atoms with Crippen molar-refractivity contribution < 1.29 is 0 Å². The van der Waals surface area contributed by atoms with Crippen LogP contribution in [0.3, 0.4) is 0 Å². The summed E-state index contributed by atoms with van der Waals surface area (Å²) in [6, 6.07) is 0. The Hall–Kier alpha value is -0.0131. The molecular weight excluding hydrogens is 220 g/mol. The van der Waals surface area contributed by atoms with E-state index in [-0.39, 0.29) is 0 Å². The molecule has 0 aromatic heterocycles. The molecule has 0 aliphatic rings. The highest BCUT2D eigenvalue weighted by molar-refractivity contribution is 6.84. The molecule has 0 aromatic rings. The van der Waals surface area contributed by atoms with Gasteiger partial charge in [-0.2, -0.15) is 0 Å². The number of rotatable bonds is 5. The fraction of sp³-hybridized carbons (Fsp3) is 0.692. The van der Waals surface area contributed by atoms with Crippen LogP contribution in [0.5, 0.6) is 0 Å². The number of allylic oxidation sites excluding steroid dienone is 4. The first-order valence-corrected chi connectivity index (χ1v) is 9.71. The summed E-state index contributed by atoms with van der Waals surface area (Å²) in [5, 5.41) is 1.53. The monoisotopic (exact) mass is 244 g/mol. The van der Waals surface area contributed by atoms with Crippen molar-refractivity contribution in [3.63, 3.8) is 0 Å². The summed E-state index contributed by atoms with van der Waals surface area (Å²) in [6.45, 7) is 13.7. The first kappa shape index (κ1) is 15.0. The van der Waals surface area contributed by atoms with Crippen LogP contribution >= 0.6 is 11.6 Å². The van der Waals surface area contributed by atoms with Crippen LogP contribution in [0.25, 0.3) is 0 Å². The van der Waals surface area contributed by atoms with Crippen molar-refractivity contribution in [1.29, 1.82) is 0 Å². The first-order chi connectivity index (χ1) is 6.79. The van der Waals surface area contributed by atoms with Crippen LogP contribution in [0, 0.1) is 0 Å². The summed E-state index contributed by atoms with van der Waals surface area (Å²) >= 11 is 6.05. The van der Waals surface area contributed by atoms with Gasteiger partial charge < -0.3 is 0 Å². The van der Waals surface area contributed by atoms with E-state index < -0.39 is 8.07 Å². The zero-order valence-corrected chi connectivity index (χ0v) is 12.8. The number of halogens is 1. The van der Waals surface area contributed by atoms with Gasteiger partial charge in [0.25, 0.3) is 0 Å². The second-order valence-electron chi connectivity index (χ2n) is 5.46. The minimum Gasteiger partial charge on any atom is -0.122 e. The summed E-state index contributed by atoms with van der Waals surface area (Å²) in [6.07, 6.45) is 4.62. The second kappa shape index (κ2) is 6.54. The van der Waals surface area contributed by atoms with Crippen LogP contribution in [0.2, 0.25) is 19.6 Å². The lowest BCUT2D eigenvalue weighted by Gasteiger charge is -2.22. The third-order valence-corrected chi connectivity index (χ3v) is 5.53. The van der Waals surface area contributed by atoms with Crippen molar-refractivity contribution in [3.8, 4) is 0 Å². The van der Waals surface area contributed by atoms with Crippen molar-refractivity contribution in [2.24, 2.45) is 0 Å². The smallest absolute Gasteiger partial charge is 0.0739 e. The third-order valence-electron chi connectivity index (χ3n) is 2.63. The Kier molecular flexibility index (Phi) is 6.54. The molecule has 0 aliphatic carbocycles. The largest absolute Gasteiger partial charge is 0.122 e. The van der Waals surface area contributed by atoms with Crippen LogP contribution in [0.4, 0.5) is 0 Å². The van der Waals surface area contributed by atoms with E-state index in [1.54, 1.807) is 0 Å². The molecule has 0 aromatic carbocycles. The van der Waals surface area contributed by atoms with Crippen LogP contribution in [0.1, 0.15) is 33.6 Å². The molecule has 0 spiro atoms. The molecule has 0 saturated heterocycles. The Morgan fingerprint density at radius 3 is 2.00 bits per heavy atom. The number of hydrogen-bond donors (Lipinski definition) is 0. The summed E-state index contributed by atoms with van der Waals surface area (Å²) in [4.78, 5) is 0. The standard InChI is InChI=1S/C13H25ClSi/c1-11(2)8-7-9-12(3)13(10-14)15(4,5)6/h8H,7,9-10H2,1-6H3/b13-12+. The summed E-state index contributed by atoms with van der Waals surface area (Å²) in [7, 11) is -1.20. The molecule has 0 saturated carbocycles. The van der Waals surface area contributed by atoms with Crippen molar-refractivity contribution in [1.82, 2.24) is 0 Å². The minimum atomic E-state index is -1.20. The third kappa shape index (κ3) is 6.21. The summed E-state index contributed by atoms with van der Waals surface area (Å²) in [5.41, 5.74) is 2.92. The Morgan fingerprint density at radius 1 is 1.13 bits per heavy atom. The van der Waals surface area contributed by atoms with Crippen LogP contribution in [0.15, 0.2) is 22.4 Å². The summed E-state index contributed by atoms with van der Waals surface area (Å²) < 4.78 is 0. The van der Waals surface area contributed by atoms with Gasteiger partial charge in [0, 0.05) is 5.88 Å². The lowest BCUT2D eigenvalue weighted by molar-refractivity contribution is 0.957. The zero-order valence-electron chi connectivity index (χ0n) is 11.1. The van der Waals surface area contributed by atoms with Gasteiger partial charge in [0.15, 0.2) is 0 Å². The maximum absolute atomic E-state index is 6.05. The van der Waals surface area contributed by atoms with Gasteiger partial charge in [-0.15, -0.1) is 11.6 Å². The normalized spacial score (nSPS) is 13.5. The zero-order chi connectivity index (χ0) is 12.1. The Morgan fingerprint density at radius 2 is 1.67 bits per heavy atom. The van der Waals surface area contributed by atoms with E-state index in [1.807, 2.05) is 0 Å². The molecule has 0 N–H and O–H groups in total. The van der Waals surface area contributed by atoms with E-state index in [1.165, 1.54) is 16.3 Å². The fourth-order valence-electron chi connectivity index (χ4n) is 1.68. The van der Waals surface area contributed by atoms with Crippen molar-refractivity contribution in [2.45, 2.75) is 53.3 Å².